The van der Waals surface area contributed by atoms with Crippen molar-refractivity contribution in [3.63, 3.8) is 0 Å². The van der Waals surface area contributed by atoms with E-state index in [2.05, 4.69) is 0 Å². The minimum Gasteiger partial charge on any atom is -0.391 e. The summed E-state index contributed by atoms with van der Waals surface area (Å²) < 4.78 is 13.8. The molecule has 2 rings (SSSR count). The van der Waals surface area contributed by atoms with Crippen molar-refractivity contribution >= 4 is 12.4 Å². The second kappa shape index (κ2) is 7.39. The summed E-state index contributed by atoms with van der Waals surface area (Å²) in [5.41, 5.74) is 8.13. The first kappa shape index (κ1) is 16.6. The Labute approximate surface area is 124 Å². The molecular formula is C16H19ClFNO. The van der Waals surface area contributed by atoms with Crippen LogP contribution in [0.25, 0.3) is 0 Å². The van der Waals surface area contributed by atoms with Crippen LogP contribution in [-0.4, -0.2) is 11.2 Å². The van der Waals surface area contributed by atoms with Crippen LogP contribution < -0.4 is 5.73 Å². The molecule has 2 nitrogen and oxygen atoms in total. The standard InChI is InChI=1S/C16H18FNO.ClH/c1-11-7-8-13(14(17)9-11)16(18)15(19)10-12-5-3-2-4-6-12;/h2-9,15-16,19H,10,18H2,1H3;1H/t15-,16+;/m1./s1. The van der Waals surface area contributed by atoms with E-state index < -0.39 is 12.1 Å². The van der Waals surface area contributed by atoms with Crippen molar-refractivity contribution in [1.82, 2.24) is 0 Å². The Bertz CT molecular complexity index is 547. The van der Waals surface area contributed by atoms with Gasteiger partial charge in [0.05, 0.1) is 12.1 Å². The number of aryl methyl sites for hydroxylation is 1. The zero-order valence-electron chi connectivity index (χ0n) is 11.3. The van der Waals surface area contributed by atoms with Gasteiger partial charge in [0, 0.05) is 12.0 Å². The lowest BCUT2D eigenvalue weighted by Gasteiger charge is -2.20. The molecule has 0 aliphatic heterocycles. The van der Waals surface area contributed by atoms with E-state index in [-0.39, 0.29) is 18.2 Å². The Kier molecular flexibility index (Phi) is 6.14. The van der Waals surface area contributed by atoms with Gasteiger partial charge in [-0.25, -0.2) is 4.39 Å². The number of halogens is 2. The van der Waals surface area contributed by atoms with Crippen LogP contribution in [0.2, 0.25) is 0 Å². The van der Waals surface area contributed by atoms with Crippen LogP contribution in [0.5, 0.6) is 0 Å². The van der Waals surface area contributed by atoms with E-state index >= 15 is 0 Å². The second-order valence-electron chi connectivity index (χ2n) is 4.81. The van der Waals surface area contributed by atoms with Gasteiger partial charge in [0.25, 0.3) is 0 Å². The van der Waals surface area contributed by atoms with Gasteiger partial charge in [-0.05, 0) is 24.1 Å². The molecule has 0 spiro atoms. The van der Waals surface area contributed by atoms with Crippen molar-refractivity contribution in [3.05, 3.63) is 71.0 Å². The van der Waals surface area contributed by atoms with Crippen LogP contribution in [0.15, 0.2) is 48.5 Å². The maximum atomic E-state index is 13.8. The Morgan fingerprint density at radius 1 is 1.15 bits per heavy atom. The summed E-state index contributed by atoms with van der Waals surface area (Å²) in [5, 5.41) is 10.1. The largest absolute Gasteiger partial charge is 0.391 e. The van der Waals surface area contributed by atoms with E-state index in [1.807, 2.05) is 37.3 Å². The summed E-state index contributed by atoms with van der Waals surface area (Å²) >= 11 is 0. The number of benzene rings is 2. The van der Waals surface area contributed by atoms with Crippen LogP contribution in [-0.2, 0) is 6.42 Å². The third-order valence-electron chi connectivity index (χ3n) is 3.22. The van der Waals surface area contributed by atoms with Gasteiger partial charge in [0.2, 0.25) is 0 Å². The molecule has 0 amide bonds. The van der Waals surface area contributed by atoms with E-state index in [0.29, 0.717) is 12.0 Å². The van der Waals surface area contributed by atoms with Gasteiger partial charge in [-0.3, -0.25) is 0 Å². The van der Waals surface area contributed by atoms with E-state index in [1.165, 1.54) is 6.07 Å². The van der Waals surface area contributed by atoms with Crippen molar-refractivity contribution in [2.45, 2.75) is 25.5 Å². The molecule has 2 aromatic carbocycles. The molecule has 2 aromatic rings. The van der Waals surface area contributed by atoms with Crippen LogP contribution >= 0.6 is 12.4 Å². The molecular weight excluding hydrogens is 277 g/mol. The predicted octanol–water partition coefficient (Wildman–Crippen LogP) is 3.16. The fourth-order valence-corrected chi connectivity index (χ4v) is 2.09. The lowest BCUT2D eigenvalue weighted by Crippen LogP contribution is -2.29. The number of hydrogen-bond acceptors (Lipinski definition) is 2. The molecule has 3 N–H and O–H groups in total. The van der Waals surface area contributed by atoms with E-state index in [1.54, 1.807) is 12.1 Å². The molecule has 0 heterocycles. The highest BCUT2D eigenvalue weighted by molar-refractivity contribution is 5.85. The van der Waals surface area contributed by atoms with Crippen LogP contribution in [0.4, 0.5) is 4.39 Å². The van der Waals surface area contributed by atoms with Crippen molar-refractivity contribution < 1.29 is 9.50 Å². The van der Waals surface area contributed by atoms with Gasteiger partial charge in [0.1, 0.15) is 5.82 Å². The minimum absolute atomic E-state index is 0. The molecule has 108 valence electrons. The van der Waals surface area contributed by atoms with E-state index in [0.717, 1.165) is 11.1 Å². The smallest absolute Gasteiger partial charge is 0.128 e. The molecule has 0 saturated carbocycles. The molecule has 0 fully saturated rings. The molecule has 0 radical (unpaired) electrons. The summed E-state index contributed by atoms with van der Waals surface area (Å²) in [7, 11) is 0. The lowest BCUT2D eigenvalue weighted by atomic mass is 9.96. The molecule has 0 aliphatic carbocycles. The highest BCUT2D eigenvalue weighted by Crippen LogP contribution is 2.21. The Hall–Kier alpha value is -1.42. The molecule has 2 atom stereocenters. The predicted molar refractivity (Wildman–Crippen MR) is 81.5 cm³/mol. The maximum Gasteiger partial charge on any atom is 0.128 e. The van der Waals surface area contributed by atoms with Crippen molar-refractivity contribution in [1.29, 1.82) is 0 Å². The second-order valence-corrected chi connectivity index (χ2v) is 4.81. The molecule has 0 aromatic heterocycles. The summed E-state index contributed by atoms with van der Waals surface area (Å²) in [4.78, 5) is 0. The first-order chi connectivity index (χ1) is 9.08. The van der Waals surface area contributed by atoms with Gasteiger partial charge >= 0.3 is 0 Å². The fourth-order valence-electron chi connectivity index (χ4n) is 2.09. The van der Waals surface area contributed by atoms with Crippen LogP contribution in [0.3, 0.4) is 0 Å². The maximum absolute atomic E-state index is 13.8. The monoisotopic (exact) mass is 295 g/mol. The zero-order valence-corrected chi connectivity index (χ0v) is 12.1. The summed E-state index contributed by atoms with van der Waals surface area (Å²) in [6, 6.07) is 13.7. The fraction of sp³-hybridized carbons (Fsp3) is 0.250. The van der Waals surface area contributed by atoms with Gasteiger partial charge in [-0.15, -0.1) is 12.4 Å². The molecule has 0 aliphatic rings. The van der Waals surface area contributed by atoms with Crippen molar-refractivity contribution in [2.24, 2.45) is 5.73 Å². The van der Waals surface area contributed by atoms with E-state index in [9.17, 15) is 9.50 Å². The quantitative estimate of drug-likeness (QED) is 0.910. The van der Waals surface area contributed by atoms with E-state index in [4.69, 9.17) is 5.73 Å². The highest BCUT2D eigenvalue weighted by atomic mass is 35.5. The first-order valence-corrected chi connectivity index (χ1v) is 6.31. The molecule has 0 unspecified atom stereocenters. The third kappa shape index (κ3) is 4.04. The zero-order chi connectivity index (χ0) is 13.8. The topological polar surface area (TPSA) is 46.2 Å². The molecule has 0 bridgehead atoms. The highest BCUT2D eigenvalue weighted by Gasteiger charge is 2.20. The molecule has 0 saturated heterocycles. The SMILES string of the molecule is Cc1ccc([C@H](N)[C@H](O)Cc2ccccc2)c(F)c1.Cl. The van der Waals surface area contributed by atoms with Gasteiger partial charge in [-0.1, -0.05) is 42.5 Å². The Morgan fingerprint density at radius 2 is 1.80 bits per heavy atom. The minimum atomic E-state index is -0.806. The van der Waals surface area contributed by atoms with Crippen molar-refractivity contribution in [2.75, 3.05) is 0 Å². The molecule has 4 heteroatoms. The number of aliphatic hydroxyl groups excluding tert-OH is 1. The van der Waals surface area contributed by atoms with Gasteiger partial charge in [0.15, 0.2) is 0 Å². The van der Waals surface area contributed by atoms with Crippen molar-refractivity contribution in [3.8, 4) is 0 Å². The lowest BCUT2D eigenvalue weighted by molar-refractivity contribution is 0.143. The summed E-state index contributed by atoms with van der Waals surface area (Å²) in [6.45, 7) is 1.82. The average Bonchev–Trinajstić information content (AvgIpc) is 2.39. The number of hydrogen-bond donors (Lipinski definition) is 2. The number of rotatable bonds is 4. The average molecular weight is 296 g/mol. The third-order valence-corrected chi connectivity index (χ3v) is 3.22. The number of aliphatic hydroxyl groups is 1. The molecule has 20 heavy (non-hydrogen) atoms. The van der Waals surface area contributed by atoms with Crippen LogP contribution in [0, 0.1) is 12.7 Å². The Morgan fingerprint density at radius 3 is 2.40 bits per heavy atom. The van der Waals surface area contributed by atoms with Gasteiger partial charge in [-0.2, -0.15) is 0 Å². The Balaban J connectivity index is 0.00000200. The normalized spacial score (nSPS) is 13.4. The summed E-state index contributed by atoms with van der Waals surface area (Å²) in [5.74, 6) is -0.361. The first-order valence-electron chi connectivity index (χ1n) is 6.31. The number of nitrogens with two attached hydrogens (primary N) is 1. The van der Waals surface area contributed by atoms with Gasteiger partial charge < -0.3 is 10.8 Å². The van der Waals surface area contributed by atoms with Crippen LogP contribution in [0.1, 0.15) is 22.7 Å². The summed E-state index contributed by atoms with van der Waals surface area (Å²) in [6.07, 6.45) is -0.394.